The van der Waals surface area contributed by atoms with Crippen LogP contribution in [0.3, 0.4) is 0 Å². The Morgan fingerprint density at radius 1 is 1.11 bits per heavy atom. The lowest BCUT2D eigenvalue weighted by Crippen LogP contribution is -2.24. The maximum atomic E-state index is 5.81. The largest absolute Gasteiger partial charge is 0.491 e. The highest BCUT2D eigenvalue weighted by molar-refractivity contribution is 5.56. The molecule has 0 fully saturated rings. The van der Waals surface area contributed by atoms with Gasteiger partial charge in [-0.05, 0) is 37.1 Å². The number of ether oxygens (including phenoxy) is 1. The summed E-state index contributed by atoms with van der Waals surface area (Å²) in [4.78, 5) is 0. The van der Waals surface area contributed by atoms with E-state index in [2.05, 4.69) is 48.6 Å². The van der Waals surface area contributed by atoms with Crippen LogP contribution in [-0.2, 0) is 6.42 Å². The van der Waals surface area contributed by atoms with Crippen LogP contribution in [0, 0.1) is 6.92 Å². The highest BCUT2D eigenvalue weighted by atomic mass is 16.5. The molecule has 0 aromatic heterocycles. The molecule has 1 aliphatic rings. The lowest BCUT2D eigenvalue weighted by molar-refractivity contribution is 0.299. The topological polar surface area (TPSA) is 21.3 Å². The fourth-order valence-electron chi connectivity index (χ4n) is 2.31. The van der Waals surface area contributed by atoms with Gasteiger partial charge in [-0.1, -0.05) is 35.9 Å². The van der Waals surface area contributed by atoms with Crippen LogP contribution in [0.1, 0.15) is 11.1 Å². The first kappa shape index (κ1) is 11.1. The fourth-order valence-corrected chi connectivity index (χ4v) is 2.31. The monoisotopic (exact) mass is 239 g/mol. The van der Waals surface area contributed by atoms with Crippen LogP contribution in [0.5, 0.6) is 5.75 Å². The van der Waals surface area contributed by atoms with Gasteiger partial charge in [-0.2, -0.15) is 0 Å². The van der Waals surface area contributed by atoms with Crippen molar-refractivity contribution >= 4 is 5.69 Å². The summed E-state index contributed by atoms with van der Waals surface area (Å²) in [6.45, 7) is 2.79. The predicted octanol–water partition coefficient (Wildman–Crippen LogP) is 3.41. The first-order chi connectivity index (χ1) is 8.81. The van der Waals surface area contributed by atoms with E-state index in [-0.39, 0.29) is 0 Å². The summed E-state index contributed by atoms with van der Waals surface area (Å²) in [7, 11) is 0. The number of hydrogen-bond donors (Lipinski definition) is 1. The number of fused-ring (bicyclic) bond motifs is 1. The van der Waals surface area contributed by atoms with Crippen LogP contribution in [0.25, 0.3) is 0 Å². The quantitative estimate of drug-likeness (QED) is 0.886. The Kier molecular flexibility index (Phi) is 2.93. The lowest BCUT2D eigenvalue weighted by Gasteiger charge is -2.13. The molecule has 0 radical (unpaired) electrons. The molecule has 2 aromatic rings. The zero-order valence-electron chi connectivity index (χ0n) is 10.5. The molecule has 0 saturated heterocycles. The molecule has 0 bridgehead atoms. The highest BCUT2D eigenvalue weighted by Crippen LogP contribution is 2.25. The van der Waals surface area contributed by atoms with Gasteiger partial charge < -0.3 is 10.1 Å². The van der Waals surface area contributed by atoms with Crippen LogP contribution < -0.4 is 10.1 Å². The smallest absolute Gasteiger partial charge is 0.119 e. The second-order valence-corrected chi connectivity index (χ2v) is 4.83. The number of aryl methyl sites for hydroxylation is 1. The molecular weight excluding hydrogens is 222 g/mol. The third-order valence-electron chi connectivity index (χ3n) is 3.32. The van der Waals surface area contributed by atoms with Gasteiger partial charge in [0.05, 0.1) is 6.04 Å². The van der Waals surface area contributed by atoms with Gasteiger partial charge in [0.1, 0.15) is 12.4 Å². The van der Waals surface area contributed by atoms with Crippen LogP contribution in [0.4, 0.5) is 5.69 Å². The maximum absolute atomic E-state index is 5.81. The van der Waals surface area contributed by atoms with Gasteiger partial charge in [-0.15, -0.1) is 0 Å². The number of hydrogen-bond acceptors (Lipinski definition) is 2. The molecule has 1 heterocycles. The molecule has 2 aromatic carbocycles. The van der Waals surface area contributed by atoms with E-state index < -0.39 is 0 Å². The highest BCUT2D eigenvalue weighted by Gasteiger charge is 2.20. The van der Waals surface area contributed by atoms with Crippen LogP contribution in [-0.4, -0.2) is 12.6 Å². The summed E-state index contributed by atoms with van der Waals surface area (Å²) in [5.74, 6) is 0.943. The number of benzene rings is 2. The minimum atomic E-state index is 0.378. The van der Waals surface area contributed by atoms with Gasteiger partial charge in [-0.3, -0.25) is 0 Å². The van der Waals surface area contributed by atoms with Crippen LogP contribution >= 0.6 is 0 Å². The van der Waals surface area contributed by atoms with Crippen molar-refractivity contribution in [1.29, 1.82) is 0 Å². The SMILES string of the molecule is Cc1ccc(OCC2Cc3ccccc3N2)cc1. The van der Waals surface area contributed by atoms with E-state index in [1.54, 1.807) is 0 Å². The molecule has 0 amide bonds. The zero-order chi connectivity index (χ0) is 12.4. The number of nitrogens with one attached hydrogen (secondary N) is 1. The van der Waals surface area contributed by atoms with E-state index in [4.69, 9.17) is 4.74 Å². The van der Waals surface area contributed by atoms with Crippen molar-refractivity contribution in [3.63, 3.8) is 0 Å². The Bertz CT molecular complexity index is 508. The molecule has 1 aliphatic heterocycles. The zero-order valence-corrected chi connectivity index (χ0v) is 10.5. The molecule has 0 aliphatic carbocycles. The van der Waals surface area contributed by atoms with E-state index in [0.29, 0.717) is 12.6 Å². The summed E-state index contributed by atoms with van der Waals surface area (Å²) in [6, 6.07) is 17.0. The molecule has 3 rings (SSSR count). The fraction of sp³-hybridized carbons (Fsp3) is 0.250. The van der Waals surface area contributed by atoms with Crippen LogP contribution in [0.2, 0.25) is 0 Å². The minimum Gasteiger partial charge on any atom is -0.491 e. The van der Waals surface area contributed by atoms with Gasteiger partial charge in [0.2, 0.25) is 0 Å². The molecule has 0 spiro atoms. The van der Waals surface area contributed by atoms with Crippen molar-refractivity contribution in [3.8, 4) is 5.75 Å². The third kappa shape index (κ3) is 2.33. The summed E-state index contributed by atoms with van der Waals surface area (Å²) in [6.07, 6.45) is 1.04. The lowest BCUT2D eigenvalue weighted by atomic mass is 10.1. The minimum absolute atomic E-state index is 0.378. The Labute approximate surface area is 108 Å². The average Bonchev–Trinajstić information content (AvgIpc) is 2.81. The third-order valence-corrected chi connectivity index (χ3v) is 3.32. The van der Waals surface area contributed by atoms with Crippen molar-refractivity contribution in [2.24, 2.45) is 0 Å². The molecule has 1 atom stereocenters. The van der Waals surface area contributed by atoms with Gasteiger partial charge in [0, 0.05) is 5.69 Å². The Hall–Kier alpha value is -1.96. The Morgan fingerprint density at radius 3 is 2.67 bits per heavy atom. The van der Waals surface area contributed by atoms with E-state index in [1.807, 2.05) is 12.1 Å². The predicted molar refractivity (Wildman–Crippen MR) is 74.2 cm³/mol. The first-order valence-corrected chi connectivity index (χ1v) is 6.35. The van der Waals surface area contributed by atoms with Crippen molar-refractivity contribution in [3.05, 3.63) is 59.7 Å². The standard InChI is InChI=1S/C16H17NO/c1-12-6-8-15(9-7-12)18-11-14-10-13-4-2-3-5-16(13)17-14/h2-9,14,17H,10-11H2,1H3. The maximum Gasteiger partial charge on any atom is 0.119 e. The average molecular weight is 239 g/mol. The van der Waals surface area contributed by atoms with E-state index >= 15 is 0 Å². The van der Waals surface area contributed by atoms with Gasteiger partial charge in [0.25, 0.3) is 0 Å². The van der Waals surface area contributed by atoms with Gasteiger partial charge in [0.15, 0.2) is 0 Å². The van der Waals surface area contributed by atoms with Crippen molar-refractivity contribution < 1.29 is 4.74 Å². The molecule has 1 N–H and O–H groups in total. The summed E-state index contributed by atoms with van der Waals surface area (Å²) in [5, 5.41) is 3.49. The Morgan fingerprint density at radius 2 is 1.89 bits per heavy atom. The molecule has 92 valence electrons. The van der Waals surface area contributed by atoms with Crippen molar-refractivity contribution in [2.75, 3.05) is 11.9 Å². The molecule has 2 heteroatoms. The number of rotatable bonds is 3. The molecule has 18 heavy (non-hydrogen) atoms. The van der Waals surface area contributed by atoms with E-state index in [1.165, 1.54) is 16.8 Å². The van der Waals surface area contributed by atoms with E-state index in [9.17, 15) is 0 Å². The molecule has 1 unspecified atom stereocenters. The summed E-state index contributed by atoms with van der Waals surface area (Å²) >= 11 is 0. The normalized spacial score (nSPS) is 17.1. The molecular formula is C16H17NO. The second-order valence-electron chi connectivity index (χ2n) is 4.83. The van der Waals surface area contributed by atoms with E-state index in [0.717, 1.165) is 12.2 Å². The van der Waals surface area contributed by atoms with Gasteiger partial charge >= 0.3 is 0 Å². The number of anilines is 1. The second kappa shape index (κ2) is 4.73. The van der Waals surface area contributed by atoms with Crippen molar-refractivity contribution in [2.45, 2.75) is 19.4 Å². The summed E-state index contributed by atoms with van der Waals surface area (Å²) in [5.41, 5.74) is 3.89. The summed E-state index contributed by atoms with van der Waals surface area (Å²) < 4.78 is 5.81. The number of para-hydroxylation sites is 1. The first-order valence-electron chi connectivity index (χ1n) is 6.35. The van der Waals surface area contributed by atoms with Crippen LogP contribution in [0.15, 0.2) is 48.5 Å². The molecule has 0 saturated carbocycles. The molecule has 2 nitrogen and oxygen atoms in total. The Balaban J connectivity index is 1.58. The van der Waals surface area contributed by atoms with Gasteiger partial charge in [-0.25, -0.2) is 0 Å². The van der Waals surface area contributed by atoms with Crippen molar-refractivity contribution in [1.82, 2.24) is 0 Å².